The molecule has 0 saturated heterocycles. The number of benzene rings is 1. The third-order valence-corrected chi connectivity index (χ3v) is 4.26. The van der Waals surface area contributed by atoms with Gasteiger partial charge in [0.2, 0.25) is 0 Å². The Kier molecular flexibility index (Phi) is 15.7. The second-order valence-electron chi connectivity index (χ2n) is 7.35. The maximum Gasteiger partial charge on any atom is 0.191 e. The van der Waals surface area contributed by atoms with Crippen molar-refractivity contribution in [3.63, 3.8) is 0 Å². The van der Waals surface area contributed by atoms with E-state index in [1.807, 2.05) is 12.1 Å². The quantitative estimate of drug-likeness (QED) is 0.229. The highest BCUT2D eigenvalue weighted by atomic mass is 16.5. The summed E-state index contributed by atoms with van der Waals surface area (Å²) in [4.78, 5) is 6.81. The van der Waals surface area contributed by atoms with Crippen LogP contribution in [-0.4, -0.2) is 77.6 Å². The number of hydrogen-bond acceptors (Lipinski definition) is 5. The molecular weight excluding hydrogens is 380 g/mol. The average Bonchev–Trinajstić information content (AvgIpc) is 2.74. The summed E-state index contributed by atoms with van der Waals surface area (Å²) >= 11 is 0. The van der Waals surface area contributed by atoms with E-state index in [1.54, 1.807) is 0 Å². The van der Waals surface area contributed by atoms with Gasteiger partial charge in [-0.05, 0) is 51.6 Å². The summed E-state index contributed by atoms with van der Waals surface area (Å²) in [6.07, 6.45) is 3.29. The smallest absolute Gasteiger partial charge is 0.191 e. The van der Waals surface area contributed by atoms with Crippen LogP contribution in [0.15, 0.2) is 29.3 Å². The van der Waals surface area contributed by atoms with Crippen molar-refractivity contribution in [1.29, 1.82) is 0 Å². The monoisotopic (exact) mass is 422 g/mol. The van der Waals surface area contributed by atoms with E-state index in [0.717, 1.165) is 62.8 Å². The molecule has 0 aliphatic heterocycles. The van der Waals surface area contributed by atoms with Gasteiger partial charge < -0.3 is 29.7 Å². The van der Waals surface area contributed by atoms with Crippen LogP contribution in [0.5, 0.6) is 5.75 Å². The molecule has 7 nitrogen and oxygen atoms in total. The van der Waals surface area contributed by atoms with Crippen molar-refractivity contribution in [3.05, 3.63) is 29.8 Å². The van der Waals surface area contributed by atoms with Gasteiger partial charge in [-0.25, -0.2) is 4.99 Å². The number of hydrogen-bond donors (Lipinski definition) is 2. The lowest BCUT2D eigenvalue weighted by atomic mass is 10.2. The number of aliphatic imine (C=N–C) groups is 1. The normalized spacial score (nSPS) is 11.7. The van der Waals surface area contributed by atoms with Gasteiger partial charge in [-0.1, -0.05) is 25.5 Å². The number of ether oxygens (including phenoxy) is 3. The van der Waals surface area contributed by atoms with Crippen LogP contribution in [0.2, 0.25) is 0 Å². The molecule has 1 aromatic carbocycles. The molecule has 0 heterocycles. The fourth-order valence-corrected chi connectivity index (χ4v) is 2.58. The zero-order valence-corrected chi connectivity index (χ0v) is 19.4. The molecule has 0 atom stereocenters. The van der Waals surface area contributed by atoms with Gasteiger partial charge in [0.05, 0.1) is 33.0 Å². The number of nitrogens with zero attached hydrogens (tertiary/aromatic N) is 2. The first-order chi connectivity index (χ1) is 14.7. The Morgan fingerprint density at radius 1 is 0.900 bits per heavy atom. The molecule has 0 aromatic heterocycles. The molecule has 0 unspecified atom stereocenters. The zero-order chi connectivity index (χ0) is 21.9. The average molecular weight is 423 g/mol. The van der Waals surface area contributed by atoms with Crippen LogP contribution in [0.1, 0.15) is 38.7 Å². The fraction of sp³-hybridized carbons (Fsp3) is 0.696. The van der Waals surface area contributed by atoms with Crippen LogP contribution in [0, 0.1) is 0 Å². The Bertz CT molecular complexity index is 550. The summed E-state index contributed by atoms with van der Waals surface area (Å²) < 4.78 is 16.8. The molecule has 2 N–H and O–H groups in total. The molecule has 0 bridgehead atoms. The van der Waals surface area contributed by atoms with Crippen LogP contribution in [-0.2, 0) is 16.0 Å². The molecule has 30 heavy (non-hydrogen) atoms. The van der Waals surface area contributed by atoms with E-state index in [4.69, 9.17) is 14.2 Å². The van der Waals surface area contributed by atoms with E-state index in [0.29, 0.717) is 32.9 Å². The molecule has 0 radical (unpaired) electrons. The standard InChI is InChI=1S/C23H42N4O3/c1-5-7-15-28-18-19-29-17-13-25-23(24-6-2)26-20-21-9-11-22(12-10-21)30-16-8-14-27(3)4/h9-12H,5-8,13-20H2,1-4H3,(H2,24,25,26). The Labute approximate surface area is 183 Å². The predicted molar refractivity (Wildman–Crippen MR) is 124 cm³/mol. The number of rotatable bonds is 17. The van der Waals surface area contributed by atoms with E-state index in [2.05, 4.69) is 60.6 Å². The largest absolute Gasteiger partial charge is 0.494 e. The van der Waals surface area contributed by atoms with Gasteiger partial charge in [-0.3, -0.25) is 0 Å². The third-order valence-electron chi connectivity index (χ3n) is 4.26. The van der Waals surface area contributed by atoms with Crippen LogP contribution in [0.3, 0.4) is 0 Å². The van der Waals surface area contributed by atoms with Gasteiger partial charge in [0.1, 0.15) is 5.75 Å². The highest BCUT2D eigenvalue weighted by molar-refractivity contribution is 5.79. The molecule has 0 amide bonds. The number of guanidine groups is 1. The zero-order valence-electron chi connectivity index (χ0n) is 19.4. The number of nitrogens with one attached hydrogen (secondary N) is 2. The van der Waals surface area contributed by atoms with Crippen LogP contribution >= 0.6 is 0 Å². The molecule has 0 aliphatic carbocycles. The molecule has 7 heteroatoms. The molecule has 0 saturated carbocycles. The summed E-state index contributed by atoms with van der Waals surface area (Å²) in [5, 5.41) is 6.56. The maximum atomic E-state index is 5.78. The van der Waals surface area contributed by atoms with Gasteiger partial charge in [0.15, 0.2) is 5.96 Å². The SMILES string of the molecule is CCCCOCCOCCNC(=NCc1ccc(OCCCN(C)C)cc1)NCC. The van der Waals surface area contributed by atoms with Gasteiger partial charge in [0, 0.05) is 26.2 Å². The first-order valence-electron chi connectivity index (χ1n) is 11.2. The Balaban J connectivity index is 2.26. The summed E-state index contributed by atoms with van der Waals surface area (Å²) in [5.74, 6) is 1.70. The molecule has 1 aromatic rings. The lowest BCUT2D eigenvalue weighted by Gasteiger charge is -2.12. The minimum absolute atomic E-state index is 0.613. The van der Waals surface area contributed by atoms with Crippen LogP contribution in [0.4, 0.5) is 0 Å². The summed E-state index contributed by atoms with van der Waals surface area (Å²) in [6.45, 7) is 10.9. The van der Waals surface area contributed by atoms with Crippen molar-refractivity contribution in [1.82, 2.24) is 15.5 Å². The summed E-state index contributed by atoms with van der Waals surface area (Å²) in [6, 6.07) is 8.15. The third kappa shape index (κ3) is 14.2. The minimum Gasteiger partial charge on any atom is -0.494 e. The second kappa shape index (κ2) is 18.0. The Morgan fingerprint density at radius 2 is 1.63 bits per heavy atom. The van der Waals surface area contributed by atoms with Gasteiger partial charge in [-0.15, -0.1) is 0 Å². The van der Waals surface area contributed by atoms with Gasteiger partial charge >= 0.3 is 0 Å². The van der Waals surface area contributed by atoms with Crippen LogP contribution < -0.4 is 15.4 Å². The maximum absolute atomic E-state index is 5.78. The highest BCUT2D eigenvalue weighted by Gasteiger charge is 2.00. The van der Waals surface area contributed by atoms with Crippen molar-refractivity contribution >= 4 is 5.96 Å². The molecule has 1 rings (SSSR count). The number of unbranched alkanes of at least 4 members (excludes halogenated alkanes) is 1. The lowest BCUT2D eigenvalue weighted by Crippen LogP contribution is -2.39. The van der Waals surface area contributed by atoms with E-state index >= 15 is 0 Å². The van der Waals surface area contributed by atoms with Crippen molar-refractivity contribution in [2.75, 3.05) is 66.8 Å². The fourth-order valence-electron chi connectivity index (χ4n) is 2.58. The highest BCUT2D eigenvalue weighted by Crippen LogP contribution is 2.13. The molecule has 0 fully saturated rings. The van der Waals surface area contributed by atoms with Crippen molar-refractivity contribution < 1.29 is 14.2 Å². The predicted octanol–water partition coefficient (Wildman–Crippen LogP) is 2.91. The van der Waals surface area contributed by atoms with Gasteiger partial charge in [-0.2, -0.15) is 0 Å². The van der Waals surface area contributed by atoms with E-state index in [1.165, 1.54) is 0 Å². The van der Waals surface area contributed by atoms with E-state index in [-0.39, 0.29) is 0 Å². The molecule has 0 spiro atoms. The summed E-state index contributed by atoms with van der Waals surface area (Å²) in [5.41, 5.74) is 1.15. The Hall–Kier alpha value is -1.83. The topological polar surface area (TPSA) is 67.3 Å². The van der Waals surface area contributed by atoms with Crippen molar-refractivity contribution in [2.24, 2.45) is 4.99 Å². The lowest BCUT2D eigenvalue weighted by molar-refractivity contribution is 0.0487. The second-order valence-corrected chi connectivity index (χ2v) is 7.35. The first kappa shape index (κ1) is 26.2. The Morgan fingerprint density at radius 3 is 2.30 bits per heavy atom. The van der Waals surface area contributed by atoms with Crippen LogP contribution in [0.25, 0.3) is 0 Å². The van der Waals surface area contributed by atoms with Gasteiger partial charge in [0.25, 0.3) is 0 Å². The van der Waals surface area contributed by atoms with E-state index in [9.17, 15) is 0 Å². The van der Waals surface area contributed by atoms with Crippen molar-refractivity contribution in [2.45, 2.75) is 39.7 Å². The first-order valence-corrected chi connectivity index (χ1v) is 11.2. The molecule has 172 valence electrons. The van der Waals surface area contributed by atoms with Crippen molar-refractivity contribution in [3.8, 4) is 5.75 Å². The minimum atomic E-state index is 0.613. The molecule has 0 aliphatic rings. The van der Waals surface area contributed by atoms with E-state index < -0.39 is 0 Å². The molecular formula is C23H42N4O3. The summed E-state index contributed by atoms with van der Waals surface area (Å²) in [7, 11) is 4.15.